The van der Waals surface area contributed by atoms with Crippen LogP contribution in [0.2, 0.25) is 0 Å². The van der Waals surface area contributed by atoms with E-state index in [1.165, 1.54) is 0 Å². The molecule has 1 amide bonds. The van der Waals surface area contributed by atoms with E-state index in [1.807, 2.05) is 20.8 Å². The Kier molecular flexibility index (Phi) is 3.96. The van der Waals surface area contributed by atoms with Crippen LogP contribution in [-0.2, 0) is 0 Å². The summed E-state index contributed by atoms with van der Waals surface area (Å²) in [6.07, 6.45) is 3.39. The van der Waals surface area contributed by atoms with Gasteiger partial charge in [-0.2, -0.15) is 0 Å². The maximum atomic E-state index is 12.6. The average Bonchev–Trinajstić information content (AvgIpc) is 3.23. The molecular formula is C21H20N4O3. The van der Waals surface area contributed by atoms with Gasteiger partial charge >= 0.3 is 0 Å². The molecule has 3 heterocycles. The predicted octanol–water partition coefficient (Wildman–Crippen LogP) is 4.00. The molecule has 0 saturated carbocycles. The van der Waals surface area contributed by atoms with Crippen LogP contribution in [0.4, 0.5) is 5.69 Å². The van der Waals surface area contributed by atoms with E-state index in [2.05, 4.69) is 15.3 Å². The Hall–Kier alpha value is -3.61. The zero-order chi connectivity index (χ0) is 20.1. The van der Waals surface area contributed by atoms with Gasteiger partial charge in [0.15, 0.2) is 5.78 Å². The number of benzene rings is 1. The third kappa shape index (κ3) is 3.22. The van der Waals surface area contributed by atoms with Gasteiger partial charge in [-0.05, 0) is 36.4 Å². The molecule has 0 atom stereocenters. The molecule has 0 radical (unpaired) electrons. The van der Waals surface area contributed by atoms with Crippen LogP contribution >= 0.6 is 0 Å². The van der Waals surface area contributed by atoms with Gasteiger partial charge in [0, 0.05) is 28.7 Å². The van der Waals surface area contributed by atoms with Gasteiger partial charge in [0.25, 0.3) is 5.91 Å². The Labute approximate surface area is 161 Å². The largest absolute Gasteiger partial charge is 0.508 e. The number of nitrogens with zero attached hydrogens (tertiary/aromatic N) is 2. The van der Waals surface area contributed by atoms with Crippen molar-refractivity contribution in [3.8, 4) is 5.75 Å². The number of phenolic OH excluding ortho intramolecular Hbond substituents is 1. The number of hydrogen-bond acceptors (Lipinski definition) is 4. The number of pyridine rings is 1. The highest BCUT2D eigenvalue weighted by Gasteiger charge is 2.25. The second-order valence-corrected chi connectivity index (χ2v) is 7.80. The Bertz CT molecular complexity index is 1230. The van der Waals surface area contributed by atoms with Crippen molar-refractivity contribution in [2.45, 2.75) is 20.8 Å². The smallest absolute Gasteiger partial charge is 0.272 e. The molecule has 0 aliphatic rings. The lowest BCUT2D eigenvalue weighted by molar-refractivity contribution is 0.0853. The highest BCUT2D eigenvalue weighted by Crippen LogP contribution is 2.23. The van der Waals surface area contributed by atoms with Gasteiger partial charge in [0.2, 0.25) is 0 Å². The van der Waals surface area contributed by atoms with E-state index < -0.39 is 5.41 Å². The Morgan fingerprint density at radius 3 is 2.64 bits per heavy atom. The van der Waals surface area contributed by atoms with E-state index in [0.717, 1.165) is 10.9 Å². The number of carbonyl (C=O) groups excluding carboxylic acids is 2. The number of aromatic hydroxyl groups is 1. The fraction of sp³-hybridized carbons (Fsp3) is 0.190. The van der Waals surface area contributed by atoms with Crippen molar-refractivity contribution >= 4 is 33.9 Å². The molecule has 0 saturated heterocycles. The van der Waals surface area contributed by atoms with Crippen LogP contribution < -0.4 is 5.32 Å². The third-order valence-electron chi connectivity index (χ3n) is 4.47. The number of aromatic amines is 1. The first-order chi connectivity index (χ1) is 13.2. The summed E-state index contributed by atoms with van der Waals surface area (Å²) in [6.45, 7) is 5.56. The summed E-state index contributed by atoms with van der Waals surface area (Å²) in [7, 11) is 0. The lowest BCUT2D eigenvalue weighted by Crippen LogP contribution is -2.20. The molecule has 3 N–H and O–H groups in total. The van der Waals surface area contributed by atoms with E-state index in [1.54, 1.807) is 53.2 Å². The molecule has 28 heavy (non-hydrogen) atoms. The number of amides is 1. The van der Waals surface area contributed by atoms with Crippen molar-refractivity contribution in [3.63, 3.8) is 0 Å². The number of aromatic nitrogens is 3. The SMILES string of the molecule is CC(C)(C)C(=O)c1cn2cc(NC(=O)c3cc4cc(O)ccc4[nH]3)ccc2n1. The zero-order valence-corrected chi connectivity index (χ0v) is 15.8. The summed E-state index contributed by atoms with van der Waals surface area (Å²) in [5.41, 5.74) is 2.23. The van der Waals surface area contributed by atoms with E-state index in [-0.39, 0.29) is 17.4 Å². The Balaban J connectivity index is 1.60. The molecular weight excluding hydrogens is 356 g/mol. The second-order valence-electron chi connectivity index (χ2n) is 7.80. The number of carbonyl (C=O) groups is 2. The van der Waals surface area contributed by atoms with Crippen molar-refractivity contribution in [2.24, 2.45) is 5.41 Å². The molecule has 0 bridgehead atoms. The van der Waals surface area contributed by atoms with Gasteiger partial charge in [-0.25, -0.2) is 4.98 Å². The number of hydrogen-bond donors (Lipinski definition) is 3. The number of Topliss-reactive ketones (excluding diaryl/α,β-unsaturated/α-hetero) is 1. The van der Waals surface area contributed by atoms with Crippen LogP contribution in [0.3, 0.4) is 0 Å². The molecule has 0 fully saturated rings. The first-order valence-corrected chi connectivity index (χ1v) is 8.87. The molecule has 7 heteroatoms. The molecule has 3 aromatic heterocycles. The van der Waals surface area contributed by atoms with Crippen molar-refractivity contribution < 1.29 is 14.7 Å². The molecule has 0 spiro atoms. The number of anilines is 1. The van der Waals surface area contributed by atoms with Crippen LogP contribution in [0.15, 0.2) is 48.8 Å². The van der Waals surface area contributed by atoms with Gasteiger partial charge in [0.1, 0.15) is 22.8 Å². The molecule has 7 nitrogen and oxygen atoms in total. The number of rotatable bonds is 3. The van der Waals surface area contributed by atoms with Crippen LogP contribution in [0, 0.1) is 5.41 Å². The van der Waals surface area contributed by atoms with Gasteiger partial charge in [-0.3, -0.25) is 9.59 Å². The average molecular weight is 376 g/mol. The minimum atomic E-state index is -0.515. The molecule has 0 aliphatic heterocycles. The van der Waals surface area contributed by atoms with Gasteiger partial charge in [-0.1, -0.05) is 20.8 Å². The number of ketones is 1. The van der Waals surface area contributed by atoms with Crippen LogP contribution in [0.1, 0.15) is 41.7 Å². The third-order valence-corrected chi connectivity index (χ3v) is 4.47. The topological polar surface area (TPSA) is 99.5 Å². The zero-order valence-electron chi connectivity index (χ0n) is 15.8. The number of imidazole rings is 1. The highest BCUT2D eigenvalue weighted by atomic mass is 16.3. The number of phenols is 1. The van der Waals surface area contributed by atoms with E-state index >= 15 is 0 Å². The van der Waals surface area contributed by atoms with Crippen molar-refractivity contribution in [1.29, 1.82) is 0 Å². The van der Waals surface area contributed by atoms with E-state index in [0.29, 0.717) is 22.7 Å². The van der Waals surface area contributed by atoms with Gasteiger partial charge in [0.05, 0.1) is 5.69 Å². The minimum Gasteiger partial charge on any atom is -0.508 e. The van der Waals surface area contributed by atoms with Crippen LogP contribution in [-0.4, -0.2) is 31.2 Å². The molecule has 0 unspecified atom stereocenters. The van der Waals surface area contributed by atoms with Crippen LogP contribution in [0.5, 0.6) is 5.75 Å². The molecule has 142 valence electrons. The number of nitrogens with one attached hydrogen (secondary N) is 2. The molecule has 0 aliphatic carbocycles. The quantitative estimate of drug-likeness (QED) is 0.471. The van der Waals surface area contributed by atoms with E-state index in [4.69, 9.17) is 0 Å². The van der Waals surface area contributed by atoms with Crippen molar-refractivity contribution in [2.75, 3.05) is 5.32 Å². The minimum absolute atomic E-state index is 0.0388. The van der Waals surface area contributed by atoms with E-state index in [9.17, 15) is 14.7 Å². The highest BCUT2D eigenvalue weighted by molar-refractivity contribution is 6.06. The summed E-state index contributed by atoms with van der Waals surface area (Å²) < 4.78 is 1.72. The summed E-state index contributed by atoms with van der Waals surface area (Å²) >= 11 is 0. The maximum absolute atomic E-state index is 12.6. The van der Waals surface area contributed by atoms with Crippen molar-refractivity contribution in [3.05, 3.63) is 60.2 Å². The monoisotopic (exact) mass is 376 g/mol. The first kappa shape index (κ1) is 17.8. The predicted molar refractivity (Wildman–Crippen MR) is 107 cm³/mol. The molecule has 1 aromatic carbocycles. The van der Waals surface area contributed by atoms with Crippen LogP contribution in [0.25, 0.3) is 16.6 Å². The van der Waals surface area contributed by atoms with Crippen molar-refractivity contribution in [1.82, 2.24) is 14.4 Å². The number of fused-ring (bicyclic) bond motifs is 2. The summed E-state index contributed by atoms with van der Waals surface area (Å²) in [4.78, 5) is 32.4. The second kappa shape index (κ2) is 6.23. The first-order valence-electron chi connectivity index (χ1n) is 8.87. The maximum Gasteiger partial charge on any atom is 0.272 e. The fourth-order valence-corrected chi connectivity index (χ4v) is 3.00. The molecule has 4 rings (SSSR count). The van der Waals surface area contributed by atoms with Gasteiger partial charge in [-0.15, -0.1) is 0 Å². The Morgan fingerprint density at radius 2 is 1.89 bits per heavy atom. The summed E-state index contributed by atoms with van der Waals surface area (Å²) in [6, 6.07) is 10.0. The normalized spacial score (nSPS) is 11.8. The standard InChI is InChI=1S/C21H20N4O3/c1-21(2,3)19(27)17-11-25-10-13(4-7-18(25)24-17)22-20(28)16-9-12-8-14(26)5-6-15(12)23-16/h4-11,23,26H,1-3H3,(H,22,28). The number of H-pyrrole nitrogens is 1. The molecule has 4 aromatic rings. The summed E-state index contributed by atoms with van der Waals surface area (Å²) in [5.74, 6) is -0.200. The fourth-order valence-electron chi connectivity index (χ4n) is 3.00. The van der Waals surface area contributed by atoms with Gasteiger partial charge < -0.3 is 19.8 Å². The lowest BCUT2D eigenvalue weighted by Gasteiger charge is -2.13. The lowest BCUT2D eigenvalue weighted by atomic mass is 9.89. The Morgan fingerprint density at radius 1 is 1.11 bits per heavy atom. The summed E-state index contributed by atoms with van der Waals surface area (Å²) in [5, 5.41) is 13.1.